The SMILES string of the molecule is O=C(Cc1nnc(-c2ccsc2)o1)Nc1cccc(F)c1. The fourth-order valence-corrected chi connectivity index (χ4v) is 2.37. The van der Waals surface area contributed by atoms with E-state index in [1.165, 1.54) is 29.5 Å². The fourth-order valence-electron chi connectivity index (χ4n) is 1.74. The van der Waals surface area contributed by atoms with E-state index in [9.17, 15) is 9.18 Å². The molecule has 1 N–H and O–H groups in total. The second-order valence-corrected chi connectivity index (χ2v) is 5.03. The molecular weight excluding hydrogens is 293 g/mol. The molecule has 0 radical (unpaired) electrons. The van der Waals surface area contributed by atoms with E-state index in [4.69, 9.17) is 4.42 Å². The maximum absolute atomic E-state index is 13.0. The molecule has 0 bridgehead atoms. The summed E-state index contributed by atoms with van der Waals surface area (Å²) in [6, 6.07) is 7.52. The molecule has 0 aliphatic heterocycles. The second kappa shape index (κ2) is 5.84. The average Bonchev–Trinajstić information content (AvgIpc) is 3.08. The summed E-state index contributed by atoms with van der Waals surface area (Å²) in [6.45, 7) is 0. The van der Waals surface area contributed by atoms with Gasteiger partial charge >= 0.3 is 0 Å². The van der Waals surface area contributed by atoms with Gasteiger partial charge in [-0.05, 0) is 29.6 Å². The number of hydrogen-bond donors (Lipinski definition) is 1. The molecule has 106 valence electrons. The summed E-state index contributed by atoms with van der Waals surface area (Å²) in [5, 5.41) is 14.1. The van der Waals surface area contributed by atoms with Crippen molar-refractivity contribution in [2.24, 2.45) is 0 Å². The van der Waals surface area contributed by atoms with Crippen molar-refractivity contribution in [3.05, 3.63) is 52.8 Å². The molecule has 1 aromatic carbocycles. The minimum atomic E-state index is -0.412. The Labute approximate surface area is 123 Å². The van der Waals surface area contributed by atoms with Crippen LogP contribution in [-0.4, -0.2) is 16.1 Å². The van der Waals surface area contributed by atoms with E-state index in [0.29, 0.717) is 11.6 Å². The van der Waals surface area contributed by atoms with Gasteiger partial charge in [0.2, 0.25) is 17.7 Å². The molecule has 21 heavy (non-hydrogen) atoms. The number of aromatic nitrogens is 2. The van der Waals surface area contributed by atoms with Gasteiger partial charge in [-0.25, -0.2) is 4.39 Å². The lowest BCUT2D eigenvalue weighted by Crippen LogP contribution is -2.14. The number of nitrogens with zero attached hydrogens (tertiary/aromatic N) is 2. The normalized spacial score (nSPS) is 10.5. The average molecular weight is 303 g/mol. The van der Waals surface area contributed by atoms with Gasteiger partial charge in [-0.15, -0.1) is 10.2 Å². The minimum Gasteiger partial charge on any atom is -0.420 e. The van der Waals surface area contributed by atoms with Gasteiger partial charge in [0.15, 0.2) is 0 Å². The monoisotopic (exact) mass is 303 g/mol. The van der Waals surface area contributed by atoms with Crippen LogP contribution in [0.1, 0.15) is 5.89 Å². The van der Waals surface area contributed by atoms with Crippen LogP contribution in [0.2, 0.25) is 0 Å². The molecule has 0 atom stereocenters. The van der Waals surface area contributed by atoms with Crippen LogP contribution in [-0.2, 0) is 11.2 Å². The van der Waals surface area contributed by atoms with Crippen LogP contribution in [0.15, 0.2) is 45.5 Å². The molecule has 0 saturated heterocycles. The van der Waals surface area contributed by atoms with Crippen molar-refractivity contribution >= 4 is 22.9 Å². The Balaban J connectivity index is 1.65. The van der Waals surface area contributed by atoms with Crippen LogP contribution in [0.4, 0.5) is 10.1 Å². The van der Waals surface area contributed by atoms with Gasteiger partial charge < -0.3 is 9.73 Å². The number of carbonyl (C=O) groups is 1. The summed E-state index contributed by atoms with van der Waals surface area (Å²) >= 11 is 1.52. The van der Waals surface area contributed by atoms with E-state index in [0.717, 1.165) is 5.56 Å². The first kappa shape index (κ1) is 13.4. The van der Waals surface area contributed by atoms with Crippen LogP contribution in [0.5, 0.6) is 0 Å². The molecule has 0 spiro atoms. The quantitative estimate of drug-likeness (QED) is 0.804. The highest BCUT2D eigenvalue weighted by Crippen LogP contribution is 2.20. The molecule has 0 unspecified atom stereocenters. The van der Waals surface area contributed by atoms with Crippen molar-refractivity contribution in [1.82, 2.24) is 10.2 Å². The van der Waals surface area contributed by atoms with Crippen LogP contribution >= 0.6 is 11.3 Å². The number of carbonyl (C=O) groups excluding carboxylic acids is 1. The summed E-state index contributed by atoms with van der Waals surface area (Å²) in [7, 11) is 0. The summed E-state index contributed by atoms with van der Waals surface area (Å²) in [4.78, 5) is 11.8. The van der Waals surface area contributed by atoms with Crippen molar-refractivity contribution in [1.29, 1.82) is 0 Å². The number of amides is 1. The molecule has 0 aliphatic carbocycles. The van der Waals surface area contributed by atoms with E-state index in [-0.39, 0.29) is 18.2 Å². The predicted octanol–water partition coefficient (Wildman–Crippen LogP) is 3.12. The molecule has 2 aromatic heterocycles. The molecule has 7 heteroatoms. The lowest BCUT2D eigenvalue weighted by atomic mass is 10.3. The molecule has 0 aliphatic rings. The van der Waals surface area contributed by atoms with Crippen LogP contribution in [0.25, 0.3) is 11.5 Å². The highest BCUT2D eigenvalue weighted by Gasteiger charge is 2.13. The van der Waals surface area contributed by atoms with E-state index in [2.05, 4.69) is 15.5 Å². The second-order valence-electron chi connectivity index (χ2n) is 4.25. The van der Waals surface area contributed by atoms with E-state index < -0.39 is 5.82 Å². The Morgan fingerprint density at radius 2 is 2.24 bits per heavy atom. The first-order valence-corrected chi connectivity index (χ1v) is 7.05. The van der Waals surface area contributed by atoms with Crippen LogP contribution in [0.3, 0.4) is 0 Å². The van der Waals surface area contributed by atoms with Gasteiger partial charge in [0.1, 0.15) is 12.2 Å². The van der Waals surface area contributed by atoms with E-state index >= 15 is 0 Å². The van der Waals surface area contributed by atoms with Crippen molar-refractivity contribution in [2.45, 2.75) is 6.42 Å². The Kier molecular flexibility index (Phi) is 3.74. The number of rotatable bonds is 4. The van der Waals surface area contributed by atoms with Crippen molar-refractivity contribution in [3.63, 3.8) is 0 Å². The Morgan fingerprint density at radius 1 is 1.33 bits per heavy atom. The minimum absolute atomic E-state index is 0.0619. The third-order valence-electron chi connectivity index (χ3n) is 2.66. The largest absolute Gasteiger partial charge is 0.420 e. The summed E-state index contributed by atoms with van der Waals surface area (Å²) < 4.78 is 18.4. The number of halogens is 1. The summed E-state index contributed by atoms with van der Waals surface area (Å²) in [6.07, 6.45) is -0.0619. The summed E-state index contributed by atoms with van der Waals surface area (Å²) in [5.41, 5.74) is 1.21. The number of anilines is 1. The van der Waals surface area contributed by atoms with Gasteiger partial charge in [-0.2, -0.15) is 11.3 Å². The predicted molar refractivity (Wildman–Crippen MR) is 76.3 cm³/mol. The molecule has 0 saturated carbocycles. The topological polar surface area (TPSA) is 68.0 Å². The summed E-state index contributed by atoms with van der Waals surface area (Å²) in [5.74, 6) is -0.165. The smallest absolute Gasteiger partial charge is 0.248 e. The van der Waals surface area contributed by atoms with Crippen LogP contribution in [0, 0.1) is 5.82 Å². The van der Waals surface area contributed by atoms with Gasteiger partial charge in [-0.3, -0.25) is 4.79 Å². The first-order chi connectivity index (χ1) is 10.2. The van der Waals surface area contributed by atoms with E-state index in [1.807, 2.05) is 16.8 Å². The number of benzene rings is 1. The fraction of sp³-hybridized carbons (Fsp3) is 0.0714. The standard InChI is InChI=1S/C14H10FN3O2S/c15-10-2-1-3-11(6-10)16-12(19)7-13-17-18-14(20-13)9-4-5-21-8-9/h1-6,8H,7H2,(H,16,19). The molecule has 0 fully saturated rings. The Hall–Kier alpha value is -2.54. The zero-order chi connectivity index (χ0) is 14.7. The number of thiophene rings is 1. The molecular formula is C14H10FN3O2S. The van der Waals surface area contributed by atoms with Crippen molar-refractivity contribution in [2.75, 3.05) is 5.32 Å². The molecule has 3 rings (SSSR count). The maximum Gasteiger partial charge on any atom is 0.248 e. The van der Waals surface area contributed by atoms with Gasteiger partial charge in [0, 0.05) is 16.6 Å². The highest BCUT2D eigenvalue weighted by molar-refractivity contribution is 7.08. The molecule has 1 amide bonds. The number of hydrogen-bond acceptors (Lipinski definition) is 5. The first-order valence-electron chi connectivity index (χ1n) is 6.11. The lowest BCUT2D eigenvalue weighted by molar-refractivity contribution is -0.115. The van der Waals surface area contributed by atoms with Crippen molar-refractivity contribution in [3.8, 4) is 11.5 Å². The van der Waals surface area contributed by atoms with Crippen LogP contribution < -0.4 is 5.32 Å². The maximum atomic E-state index is 13.0. The molecule has 3 aromatic rings. The Morgan fingerprint density at radius 3 is 3.00 bits per heavy atom. The highest BCUT2D eigenvalue weighted by atomic mass is 32.1. The van der Waals surface area contributed by atoms with Gasteiger partial charge in [0.25, 0.3) is 0 Å². The van der Waals surface area contributed by atoms with Crippen molar-refractivity contribution < 1.29 is 13.6 Å². The third-order valence-corrected chi connectivity index (χ3v) is 3.34. The number of nitrogens with one attached hydrogen (secondary N) is 1. The molecule has 2 heterocycles. The molecule has 5 nitrogen and oxygen atoms in total. The zero-order valence-corrected chi connectivity index (χ0v) is 11.6. The van der Waals surface area contributed by atoms with Gasteiger partial charge in [-0.1, -0.05) is 6.07 Å². The van der Waals surface area contributed by atoms with E-state index in [1.54, 1.807) is 6.07 Å². The van der Waals surface area contributed by atoms with Gasteiger partial charge in [0.05, 0.1) is 0 Å². The zero-order valence-electron chi connectivity index (χ0n) is 10.7. The third kappa shape index (κ3) is 3.32. The lowest BCUT2D eigenvalue weighted by Gasteiger charge is -2.02. The Bertz CT molecular complexity index is 755.